The molecular weight excluding hydrogens is 145 g/mol. The summed E-state index contributed by atoms with van der Waals surface area (Å²) in [5.41, 5.74) is 4.47. The molecule has 0 amide bonds. The molecule has 3 N–H and O–H groups in total. The molecule has 0 spiro atoms. The van der Waals surface area contributed by atoms with E-state index in [2.05, 4.69) is 9.97 Å². The summed E-state index contributed by atoms with van der Waals surface area (Å²) in [6, 6.07) is 0.830. The second kappa shape index (κ2) is 3.60. The van der Waals surface area contributed by atoms with Crippen molar-refractivity contribution in [2.45, 2.75) is 0 Å². The van der Waals surface area contributed by atoms with Gasteiger partial charge in [-0.15, -0.1) is 0 Å². The van der Waals surface area contributed by atoms with Gasteiger partial charge in [0.25, 0.3) is 5.56 Å². The Kier molecular flexibility index (Phi) is 3.41. The van der Waals surface area contributed by atoms with E-state index < -0.39 is 11.4 Å². The normalized spacial score (nSPS) is 8.40. The van der Waals surface area contributed by atoms with Crippen molar-refractivity contribution in [1.82, 2.24) is 9.97 Å². The predicted molar refractivity (Wildman–Crippen MR) is 28.7 cm³/mol. The van der Waals surface area contributed by atoms with E-state index >= 15 is 0 Å². The van der Waals surface area contributed by atoms with Crippen LogP contribution in [0.3, 0.4) is 0 Å². The molecule has 0 bridgehead atoms. The van der Waals surface area contributed by atoms with Crippen LogP contribution in [0.15, 0.2) is 10.9 Å². The van der Waals surface area contributed by atoms with Crippen LogP contribution in [0.1, 0.15) is 0 Å². The Morgan fingerprint density at radius 3 is 2.70 bits per heavy atom. The van der Waals surface area contributed by atoms with Gasteiger partial charge in [-0.25, -0.2) is 4.98 Å². The Morgan fingerprint density at radius 1 is 1.70 bits per heavy atom. The second-order valence-electron chi connectivity index (χ2n) is 1.47. The minimum Gasteiger partial charge on any atom is -0.858 e. The summed E-state index contributed by atoms with van der Waals surface area (Å²) in [5.74, 6) is -0.760. The van der Waals surface area contributed by atoms with Crippen molar-refractivity contribution in [3.05, 3.63) is 16.4 Å². The van der Waals surface area contributed by atoms with Gasteiger partial charge in [0, 0.05) is 6.07 Å². The van der Waals surface area contributed by atoms with Gasteiger partial charge in [-0.05, 0) is 5.88 Å². The third-order valence-corrected chi connectivity index (χ3v) is 0.736. The molecule has 6 heteroatoms. The molecule has 1 aromatic heterocycles. The minimum atomic E-state index is -0.615. The van der Waals surface area contributed by atoms with Crippen molar-refractivity contribution in [2.24, 2.45) is 0 Å². The van der Waals surface area contributed by atoms with Gasteiger partial charge < -0.3 is 10.8 Å². The number of anilines is 1. The summed E-state index contributed by atoms with van der Waals surface area (Å²) < 4.78 is 0. The van der Waals surface area contributed by atoms with Gasteiger partial charge in [0.15, 0.2) is 5.95 Å². The minimum absolute atomic E-state index is 0. The van der Waals surface area contributed by atoms with Crippen LogP contribution < -0.4 is 46.0 Å². The first kappa shape index (κ1) is 9.48. The van der Waals surface area contributed by atoms with Crippen LogP contribution in [0.25, 0.3) is 0 Å². The maximum atomic E-state index is 10.3. The number of nitrogens with zero attached hydrogens (tertiary/aromatic N) is 1. The Bertz CT molecular complexity index is 248. The van der Waals surface area contributed by atoms with Crippen LogP contribution in [-0.4, -0.2) is 9.97 Å². The number of nitrogens with one attached hydrogen (secondary N) is 1. The van der Waals surface area contributed by atoms with Crippen LogP contribution in [-0.2, 0) is 0 Å². The molecule has 0 radical (unpaired) electrons. The van der Waals surface area contributed by atoms with Crippen molar-refractivity contribution in [1.29, 1.82) is 0 Å². The third kappa shape index (κ3) is 2.38. The molecule has 0 saturated carbocycles. The molecule has 48 valence electrons. The molecule has 0 aliphatic rings. The van der Waals surface area contributed by atoms with Crippen molar-refractivity contribution >= 4 is 5.95 Å². The van der Waals surface area contributed by atoms with Gasteiger partial charge in [-0.3, -0.25) is 9.78 Å². The fourth-order valence-electron chi connectivity index (χ4n) is 0.453. The zero-order chi connectivity index (χ0) is 6.85. The number of nitrogens with two attached hydrogens (primary N) is 1. The van der Waals surface area contributed by atoms with Gasteiger partial charge in [0.05, 0.1) is 0 Å². The van der Waals surface area contributed by atoms with Crippen LogP contribution in [0, 0.1) is 0 Å². The fraction of sp³-hybridized carbons (Fsp3) is 0. The van der Waals surface area contributed by atoms with Gasteiger partial charge in [-0.2, -0.15) is 0 Å². The first-order chi connectivity index (χ1) is 4.18. The van der Waals surface area contributed by atoms with Gasteiger partial charge >= 0.3 is 29.6 Å². The SMILES string of the molecule is Nc1nc([O-])cc(=O)[nH]1.[Na+]. The van der Waals surface area contributed by atoms with E-state index in [-0.39, 0.29) is 35.5 Å². The monoisotopic (exact) mass is 149 g/mol. The topological polar surface area (TPSA) is 94.8 Å². The van der Waals surface area contributed by atoms with Gasteiger partial charge in [-0.1, -0.05) is 0 Å². The second-order valence-corrected chi connectivity index (χ2v) is 1.47. The number of aromatic nitrogens is 2. The summed E-state index contributed by atoms with van der Waals surface area (Å²) in [7, 11) is 0. The number of rotatable bonds is 0. The third-order valence-electron chi connectivity index (χ3n) is 0.736. The van der Waals surface area contributed by atoms with E-state index in [0.717, 1.165) is 6.07 Å². The number of aromatic amines is 1. The molecule has 0 aliphatic carbocycles. The maximum Gasteiger partial charge on any atom is 1.00 e. The molecular formula is C4H4N3NaO2. The molecule has 0 fully saturated rings. The zero-order valence-electron chi connectivity index (χ0n) is 5.42. The summed E-state index contributed by atoms with van der Waals surface area (Å²) >= 11 is 0. The molecule has 0 saturated heterocycles. The van der Waals surface area contributed by atoms with E-state index in [1.807, 2.05) is 0 Å². The predicted octanol–water partition coefficient (Wildman–Crippen LogP) is -4.57. The van der Waals surface area contributed by atoms with E-state index in [9.17, 15) is 9.90 Å². The molecule has 0 aliphatic heterocycles. The molecule has 10 heavy (non-hydrogen) atoms. The van der Waals surface area contributed by atoms with Crippen LogP contribution >= 0.6 is 0 Å². The van der Waals surface area contributed by atoms with Crippen LogP contribution in [0.2, 0.25) is 0 Å². The number of hydrogen-bond acceptors (Lipinski definition) is 4. The maximum absolute atomic E-state index is 10.3. The van der Waals surface area contributed by atoms with Crippen LogP contribution in [0.4, 0.5) is 5.95 Å². The Labute approximate surface area is 78.6 Å². The van der Waals surface area contributed by atoms with E-state index in [1.54, 1.807) is 0 Å². The number of H-pyrrole nitrogens is 1. The zero-order valence-corrected chi connectivity index (χ0v) is 7.42. The summed E-state index contributed by atoms with van der Waals surface area (Å²) in [6.45, 7) is 0. The molecule has 1 rings (SSSR count). The van der Waals surface area contributed by atoms with Crippen molar-refractivity contribution in [3.8, 4) is 5.88 Å². The quantitative estimate of drug-likeness (QED) is 0.363. The Morgan fingerprint density at radius 2 is 2.30 bits per heavy atom. The molecule has 1 aromatic rings. The first-order valence-corrected chi connectivity index (χ1v) is 2.22. The Balaban J connectivity index is 0.000000810. The Hall–Kier alpha value is -0.520. The van der Waals surface area contributed by atoms with Crippen LogP contribution in [0.5, 0.6) is 5.88 Å². The fourth-order valence-corrected chi connectivity index (χ4v) is 0.453. The number of nitrogen functional groups attached to an aromatic ring is 1. The standard InChI is InChI=1S/C4H5N3O2.Na/c5-4-6-2(8)1-3(9)7-4;/h1H,(H4,5,6,7,8,9);/q;+1/p-1. The van der Waals surface area contributed by atoms with E-state index in [0.29, 0.717) is 0 Å². The average molecular weight is 149 g/mol. The summed E-state index contributed by atoms with van der Waals surface area (Å²) in [6.07, 6.45) is 0. The van der Waals surface area contributed by atoms with Gasteiger partial charge in [0.1, 0.15) is 0 Å². The number of hydrogen-bond donors (Lipinski definition) is 2. The van der Waals surface area contributed by atoms with Crippen molar-refractivity contribution in [2.75, 3.05) is 5.73 Å². The smallest absolute Gasteiger partial charge is 0.858 e. The molecule has 5 nitrogen and oxygen atoms in total. The molecule has 1 heterocycles. The van der Waals surface area contributed by atoms with Crippen molar-refractivity contribution < 1.29 is 34.7 Å². The summed E-state index contributed by atoms with van der Waals surface area (Å²) in [4.78, 5) is 15.7. The molecule has 0 atom stereocenters. The molecule has 0 aromatic carbocycles. The largest absolute Gasteiger partial charge is 1.00 e. The van der Waals surface area contributed by atoms with Gasteiger partial charge in [0.2, 0.25) is 0 Å². The van der Waals surface area contributed by atoms with E-state index in [4.69, 9.17) is 5.73 Å². The summed E-state index contributed by atoms with van der Waals surface area (Å²) in [5, 5.41) is 10.3. The first-order valence-electron chi connectivity index (χ1n) is 2.22. The van der Waals surface area contributed by atoms with Crippen molar-refractivity contribution in [3.63, 3.8) is 0 Å². The average Bonchev–Trinajstić information content (AvgIpc) is 1.59. The van der Waals surface area contributed by atoms with E-state index in [1.165, 1.54) is 0 Å². The molecule has 0 unspecified atom stereocenters.